The molecule has 1 aliphatic rings. The Morgan fingerprint density at radius 1 is 1.40 bits per heavy atom. The lowest BCUT2D eigenvalue weighted by Crippen LogP contribution is -2.43. The van der Waals surface area contributed by atoms with Crippen LogP contribution in [0.3, 0.4) is 0 Å². The maximum atomic E-state index is 5.51. The van der Waals surface area contributed by atoms with Gasteiger partial charge in [0.2, 0.25) is 0 Å². The van der Waals surface area contributed by atoms with E-state index in [9.17, 15) is 0 Å². The molecule has 2 rings (SSSR count). The van der Waals surface area contributed by atoms with Crippen LogP contribution in [0.2, 0.25) is 0 Å². The Labute approximate surface area is 94.2 Å². The summed E-state index contributed by atoms with van der Waals surface area (Å²) in [5.41, 5.74) is 5.51. The topological polar surface area (TPSA) is 55.0 Å². The Bertz CT molecular complexity index is 336. The van der Waals surface area contributed by atoms with Crippen LogP contribution in [-0.4, -0.2) is 33.8 Å². The van der Waals surface area contributed by atoms with Crippen LogP contribution in [0, 0.1) is 0 Å². The van der Waals surface area contributed by atoms with Gasteiger partial charge in [-0.15, -0.1) is 10.2 Å². The van der Waals surface area contributed by atoms with Crippen molar-refractivity contribution in [3.05, 3.63) is 12.1 Å². The Balaban J connectivity index is 2.13. The van der Waals surface area contributed by atoms with Gasteiger partial charge in [-0.25, -0.2) is 0 Å². The fraction of sp³-hybridized carbons (Fsp3) is 0.600. The van der Waals surface area contributed by atoms with Crippen LogP contribution in [0.4, 0.5) is 11.6 Å². The van der Waals surface area contributed by atoms with Gasteiger partial charge < -0.3 is 10.6 Å². The van der Waals surface area contributed by atoms with Gasteiger partial charge in [-0.1, -0.05) is 0 Å². The van der Waals surface area contributed by atoms with Crippen LogP contribution < -0.4 is 10.6 Å². The molecule has 0 aliphatic carbocycles. The zero-order chi connectivity index (χ0) is 10.9. The van der Waals surface area contributed by atoms with Crippen molar-refractivity contribution in [2.45, 2.75) is 18.6 Å². The molecule has 82 valence electrons. The van der Waals surface area contributed by atoms with E-state index in [4.69, 9.17) is 5.73 Å². The van der Waals surface area contributed by atoms with Crippen LogP contribution in [0.25, 0.3) is 0 Å². The van der Waals surface area contributed by atoms with Gasteiger partial charge in [-0.3, -0.25) is 0 Å². The zero-order valence-corrected chi connectivity index (χ0v) is 9.92. The molecule has 15 heavy (non-hydrogen) atoms. The minimum atomic E-state index is 0.293. The molecule has 1 aliphatic heterocycles. The third-order valence-electron chi connectivity index (χ3n) is 2.42. The number of nitrogen functional groups attached to an aromatic ring is 1. The number of nitrogens with zero attached hydrogens (tertiary/aromatic N) is 3. The number of rotatable bonds is 1. The molecular formula is C10H16N4S. The highest BCUT2D eigenvalue weighted by atomic mass is 32.2. The average Bonchev–Trinajstić information content (AvgIpc) is 2.17. The first-order valence-corrected chi connectivity index (χ1v) is 6.03. The maximum absolute atomic E-state index is 5.51. The number of aromatic nitrogens is 2. The summed E-state index contributed by atoms with van der Waals surface area (Å²) in [6, 6.07) is 3.74. The Hall–Kier alpha value is -0.970. The van der Waals surface area contributed by atoms with E-state index in [1.165, 1.54) is 0 Å². The Morgan fingerprint density at radius 3 is 2.80 bits per heavy atom. The van der Waals surface area contributed by atoms with Crippen molar-refractivity contribution in [3.8, 4) is 0 Å². The van der Waals surface area contributed by atoms with Crippen LogP contribution in [0.15, 0.2) is 12.1 Å². The smallest absolute Gasteiger partial charge is 0.151 e. The molecule has 1 aromatic rings. The predicted molar refractivity (Wildman–Crippen MR) is 65.2 cm³/mol. The van der Waals surface area contributed by atoms with Crippen molar-refractivity contribution < 1.29 is 0 Å². The summed E-state index contributed by atoms with van der Waals surface area (Å²) in [6.45, 7) is 6.56. The van der Waals surface area contributed by atoms with Crippen LogP contribution in [0.1, 0.15) is 13.8 Å². The summed E-state index contributed by atoms with van der Waals surface area (Å²) in [5.74, 6) is 2.54. The number of hydrogen-bond donors (Lipinski definition) is 1. The summed E-state index contributed by atoms with van der Waals surface area (Å²) in [4.78, 5) is 2.27. The van der Waals surface area contributed by atoms with Gasteiger partial charge in [0.25, 0.3) is 0 Å². The van der Waals surface area contributed by atoms with Gasteiger partial charge in [0.15, 0.2) is 5.82 Å². The molecule has 1 fully saturated rings. The van der Waals surface area contributed by atoms with E-state index in [-0.39, 0.29) is 0 Å². The molecule has 4 nitrogen and oxygen atoms in total. The van der Waals surface area contributed by atoms with E-state index in [0.29, 0.717) is 10.6 Å². The monoisotopic (exact) mass is 224 g/mol. The van der Waals surface area contributed by atoms with Crippen LogP contribution >= 0.6 is 11.8 Å². The predicted octanol–water partition coefficient (Wildman–Crippen LogP) is 1.39. The summed E-state index contributed by atoms with van der Waals surface area (Å²) < 4.78 is 0.293. The second-order valence-electron chi connectivity index (χ2n) is 4.35. The minimum absolute atomic E-state index is 0.293. The molecule has 1 aromatic heterocycles. The molecule has 0 saturated carbocycles. The number of thioether (sulfide) groups is 1. The lowest BCUT2D eigenvalue weighted by atomic mass is 10.2. The van der Waals surface area contributed by atoms with E-state index in [2.05, 4.69) is 28.9 Å². The van der Waals surface area contributed by atoms with Gasteiger partial charge >= 0.3 is 0 Å². The van der Waals surface area contributed by atoms with E-state index in [1.807, 2.05) is 17.8 Å². The summed E-state index contributed by atoms with van der Waals surface area (Å²) >= 11 is 2.01. The van der Waals surface area contributed by atoms with Crippen molar-refractivity contribution >= 4 is 23.4 Å². The van der Waals surface area contributed by atoms with Gasteiger partial charge in [0, 0.05) is 23.6 Å². The molecule has 1 saturated heterocycles. The quantitative estimate of drug-likeness (QED) is 0.781. The molecular weight excluding hydrogens is 208 g/mol. The normalized spacial score (nSPS) is 20.3. The second kappa shape index (κ2) is 3.89. The molecule has 0 bridgehead atoms. The van der Waals surface area contributed by atoms with Gasteiger partial charge in [-0.05, 0) is 26.0 Å². The van der Waals surface area contributed by atoms with E-state index in [1.54, 1.807) is 6.07 Å². The molecule has 2 N–H and O–H groups in total. The first-order valence-electron chi connectivity index (χ1n) is 5.05. The number of hydrogen-bond acceptors (Lipinski definition) is 5. The van der Waals surface area contributed by atoms with Crippen LogP contribution in [-0.2, 0) is 0 Å². The van der Waals surface area contributed by atoms with Crippen molar-refractivity contribution in [1.82, 2.24) is 10.2 Å². The van der Waals surface area contributed by atoms with Crippen LogP contribution in [0.5, 0.6) is 0 Å². The van der Waals surface area contributed by atoms with Crippen molar-refractivity contribution in [2.75, 3.05) is 29.5 Å². The summed E-state index contributed by atoms with van der Waals surface area (Å²) in [7, 11) is 0. The lowest BCUT2D eigenvalue weighted by Gasteiger charge is -2.37. The molecule has 0 amide bonds. The van der Waals surface area contributed by atoms with Gasteiger partial charge in [0.1, 0.15) is 5.82 Å². The molecule has 0 aromatic carbocycles. The third kappa shape index (κ3) is 2.53. The highest BCUT2D eigenvalue weighted by molar-refractivity contribution is 8.00. The first kappa shape index (κ1) is 10.5. The molecule has 0 atom stereocenters. The standard InChI is InChI=1S/C10H16N4S/c1-10(2)7-14(5-6-15-10)9-4-3-8(11)12-13-9/h3-4H,5-7H2,1-2H3,(H2,11,12). The SMILES string of the molecule is CC1(C)CN(c2ccc(N)nn2)CCS1. The molecule has 0 unspecified atom stereocenters. The average molecular weight is 224 g/mol. The van der Waals surface area contributed by atoms with Crippen molar-refractivity contribution in [1.29, 1.82) is 0 Å². The van der Waals surface area contributed by atoms with Crippen molar-refractivity contribution in [2.24, 2.45) is 0 Å². The zero-order valence-electron chi connectivity index (χ0n) is 9.10. The minimum Gasteiger partial charge on any atom is -0.382 e. The van der Waals surface area contributed by atoms with E-state index >= 15 is 0 Å². The fourth-order valence-corrected chi connectivity index (χ4v) is 2.83. The number of anilines is 2. The number of nitrogens with two attached hydrogens (primary N) is 1. The molecule has 0 radical (unpaired) electrons. The summed E-state index contributed by atoms with van der Waals surface area (Å²) in [5, 5.41) is 7.99. The Kier molecular flexibility index (Phi) is 2.73. The Morgan fingerprint density at radius 2 is 2.20 bits per heavy atom. The molecule has 0 spiro atoms. The highest BCUT2D eigenvalue weighted by Crippen LogP contribution is 2.31. The second-order valence-corrected chi connectivity index (χ2v) is 6.15. The molecule has 2 heterocycles. The fourth-order valence-electron chi connectivity index (χ4n) is 1.72. The highest BCUT2D eigenvalue weighted by Gasteiger charge is 2.27. The van der Waals surface area contributed by atoms with Gasteiger partial charge in [0.05, 0.1) is 0 Å². The van der Waals surface area contributed by atoms with E-state index in [0.717, 1.165) is 24.7 Å². The third-order valence-corrected chi connectivity index (χ3v) is 3.72. The largest absolute Gasteiger partial charge is 0.382 e. The molecule has 5 heteroatoms. The summed E-state index contributed by atoms with van der Waals surface area (Å²) in [6.07, 6.45) is 0. The van der Waals surface area contributed by atoms with Crippen molar-refractivity contribution in [3.63, 3.8) is 0 Å². The first-order chi connectivity index (χ1) is 7.07. The van der Waals surface area contributed by atoms with Gasteiger partial charge in [-0.2, -0.15) is 11.8 Å². The lowest BCUT2D eigenvalue weighted by molar-refractivity contribution is 0.639. The van der Waals surface area contributed by atoms with E-state index < -0.39 is 0 Å². The maximum Gasteiger partial charge on any atom is 0.151 e.